The highest BCUT2D eigenvalue weighted by atomic mass is 15.0. The molecule has 0 spiro atoms. The first kappa shape index (κ1) is 12.0. The Hall–Kier alpha value is -0.0400. The Balaban J connectivity index is 2.07. The van der Waals surface area contributed by atoms with Crippen LogP contribution in [0.25, 0.3) is 0 Å². The van der Waals surface area contributed by atoms with Crippen LogP contribution in [-0.4, -0.2) is 12.1 Å². The van der Waals surface area contributed by atoms with Gasteiger partial charge in [-0.2, -0.15) is 0 Å². The zero-order valence-corrected chi connectivity index (χ0v) is 10.2. The summed E-state index contributed by atoms with van der Waals surface area (Å²) in [6, 6.07) is 1.54. The van der Waals surface area contributed by atoms with Gasteiger partial charge >= 0.3 is 0 Å². The molecule has 84 valence electrons. The molecule has 2 unspecified atom stereocenters. The second kappa shape index (κ2) is 6.44. The van der Waals surface area contributed by atoms with Gasteiger partial charge in [0, 0.05) is 12.1 Å². The van der Waals surface area contributed by atoms with Crippen molar-refractivity contribution in [2.24, 2.45) is 5.92 Å². The molecular formula is C13H27N. The van der Waals surface area contributed by atoms with Gasteiger partial charge in [0.25, 0.3) is 0 Å². The lowest BCUT2D eigenvalue weighted by molar-refractivity contribution is 0.378. The van der Waals surface area contributed by atoms with Gasteiger partial charge in [-0.15, -0.1) is 0 Å². The highest BCUT2D eigenvalue weighted by Gasteiger charge is 2.30. The van der Waals surface area contributed by atoms with E-state index in [1.165, 1.54) is 44.9 Å². The van der Waals surface area contributed by atoms with Crippen LogP contribution in [0.4, 0.5) is 0 Å². The van der Waals surface area contributed by atoms with Crippen molar-refractivity contribution < 1.29 is 0 Å². The van der Waals surface area contributed by atoms with Crippen LogP contribution < -0.4 is 5.32 Å². The zero-order valence-electron chi connectivity index (χ0n) is 10.2. The van der Waals surface area contributed by atoms with E-state index in [0.29, 0.717) is 0 Å². The number of rotatable bonds is 8. The van der Waals surface area contributed by atoms with Gasteiger partial charge in [-0.05, 0) is 38.5 Å². The summed E-state index contributed by atoms with van der Waals surface area (Å²) in [7, 11) is 0. The van der Waals surface area contributed by atoms with Crippen molar-refractivity contribution >= 4 is 0 Å². The molecule has 1 nitrogen and oxygen atoms in total. The molecule has 0 aromatic heterocycles. The van der Waals surface area contributed by atoms with Crippen molar-refractivity contribution in [3.8, 4) is 0 Å². The van der Waals surface area contributed by atoms with Gasteiger partial charge in [0.05, 0.1) is 0 Å². The van der Waals surface area contributed by atoms with E-state index < -0.39 is 0 Å². The lowest BCUT2D eigenvalue weighted by atomic mass is 10.1. The number of nitrogens with one attached hydrogen (secondary N) is 1. The molecule has 1 rings (SSSR count). The molecule has 1 aliphatic carbocycles. The molecule has 1 saturated carbocycles. The Morgan fingerprint density at radius 1 is 1.21 bits per heavy atom. The lowest BCUT2D eigenvalue weighted by Gasteiger charge is -2.22. The van der Waals surface area contributed by atoms with Crippen LogP contribution in [0, 0.1) is 5.92 Å². The predicted octanol–water partition coefficient (Wildman–Crippen LogP) is 3.73. The molecule has 1 heteroatoms. The van der Waals surface area contributed by atoms with Gasteiger partial charge in [0.2, 0.25) is 0 Å². The lowest BCUT2D eigenvalue weighted by Crippen LogP contribution is -2.37. The number of hydrogen-bond acceptors (Lipinski definition) is 1. The fourth-order valence-electron chi connectivity index (χ4n) is 2.24. The molecule has 14 heavy (non-hydrogen) atoms. The summed E-state index contributed by atoms with van der Waals surface area (Å²) in [6.45, 7) is 6.94. The Morgan fingerprint density at radius 2 is 1.93 bits per heavy atom. The van der Waals surface area contributed by atoms with Gasteiger partial charge in [-0.1, -0.05) is 33.1 Å². The van der Waals surface area contributed by atoms with Crippen molar-refractivity contribution in [2.45, 2.75) is 77.8 Å². The first-order chi connectivity index (χ1) is 6.77. The van der Waals surface area contributed by atoms with E-state index in [9.17, 15) is 0 Å². The van der Waals surface area contributed by atoms with Crippen molar-refractivity contribution in [2.75, 3.05) is 0 Å². The van der Waals surface area contributed by atoms with Crippen LogP contribution in [0.1, 0.15) is 65.7 Å². The van der Waals surface area contributed by atoms with E-state index in [1.807, 2.05) is 0 Å². The summed E-state index contributed by atoms with van der Waals surface area (Å²) >= 11 is 0. The summed E-state index contributed by atoms with van der Waals surface area (Å²) < 4.78 is 0. The fourth-order valence-corrected chi connectivity index (χ4v) is 2.24. The summed E-state index contributed by atoms with van der Waals surface area (Å²) in [5, 5.41) is 3.79. The fraction of sp³-hybridized carbons (Fsp3) is 1.00. The van der Waals surface area contributed by atoms with Crippen LogP contribution in [0.3, 0.4) is 0 Å². The van der Waals surface area contributed by atoms with Crippen LogP contribution >= 0.6 is 0 Å². The van der Waals surface area contributed by atoms with Crippen LogP contribution in [0.15, 0.2) is 0 Å². The molecule has 0 bridgehead atoms. The first-order valence-corrected chi connectivity index (χ1v) is 6.54. The zero-order chi connectivity index (χ0) is 10.4. The molecule has 1 N–H and O–H groups in total. The molecule has 0 radical (unpaired) electrons. The molecule has 1 aliphatic rings. The Morgan fingerprint density at radius 3 is 2.43 bits per heavy atom. The highest BCUT2D eigenvalue weighted by molar-refractivity contribution is 4.86. The van der Waals surface area contributed by atoms with E-state index >= 15 is 0 Å². The predicted molar refractivity (Wildman–Crippen MR) is 63.5 cm³/mol. The molecule has 1 fully saturated rings. The Labute approximate surface area is 89.7 Å². The molecule has 2 atom stereocenters. The monoisotopic (exact) mass is 197 g/mol. The largest absolute Gasteiger partial charge is 0.311 e. The topological polar surface area (TPSA) is 12.0 Å². The molecule has 0 aliphatic heterocycles. The van der Waals surface area contributed by atoms with Gasteiger partial charge < -0.3 is 5.32 Å². The highest BCUT2D eigenvalue weighted by Crippen LogP contribution is 2.34. The maximum absolute atomic E-state index is 3.79. The van der Waals surface area contributed by atoms with Crippen molar-refractivity contribution in [1.29, 1.82) is 0 Å². The van der Waals surface area contributed by atoms with Crippen LogP contribution in [0.2, 0.25) is 0 Å². The average Bonchev–Trinajstić information content (AvgIpc) is 2.98. The van der Waals surface area contributed by atoms with Gasteiger partial charge in [0.15, 0.2) is 0 Å². The smallest absolute Gasteiger partial charge is 0.00951 e. The van der Waals surface area contributed by atoms with Crippen molar-refractivity contribution in [1.82, 2.24) is 5.32 Å². The van der Waals surface area contributed by atoms with Crippen molar-refractivity contribution in [3.05, 3.63) is 0 Å². The maximum atomic E-state index is 3.79. The summed E-state index contributed by atoms with van der Waals surface area (Å²) in [5.41, 5.74) is 0. The average molecular weight is 197 g/mol. The molecule has 0 amide bonds. The first-order valence-electron chi connectivity index (χ1n) is 6.54. The molecular weight excluding hydrogens is 170 g/mol. The summed E-state index contributed by atoms with van der Waals surface area (Å²) in [4.78, 5) is 0. The van der Waals surface area contributed by atoms with Gasteiger partial charge in [-0.3, -0.25) is 0 Å². The van der Waals surface area contributed by atoms with Gasteiger partial charge in [-0.25, -0.2) is 0 Å². The third-order valence-corrected chi connectivity index (χ3v) is 3.37. The van der Waals surface area contributed by atoms with Gasteiger partial charge in [0.1, 0.15) is 0 Å². The SMILES string of the molecule is CCCCCC(C)NC(CC)C1CC1. The van der Waals surface area contributed by atoms with E-state index in [1.54, 1.807) is 0 Å². The summed E-state index contributed by atoms with van der Waals surface area (Å²) in [6.07, 6.45) is 9.73. The second-order valence-corrected chi connectivity index (χ2v) is 4.92. The standard InChI is InChI=1S/C13H27N/c1-4-6-7-8-11(3)14-13(5-2)12-9-10-12/h11-14H,4-10H2,1-3H3. The summed E-state index contributed by atoms with van der Waals surface area (Å²) in [5.74, 6) is 1.01. The normalized spacial score (nSPS) is 20.8. The molecule has 0 aromatic rings. The van der Waals surface area contributed by atoms with E-state index in [-0.39, 0.29) is 0 Å². The van der Waals surface area contributed by atoms with Crippen molar-refractivity contribution in [3.63, 3.8) is 0 Å². The molecule has 0 saturated heterocycles. The Bertz CT molecular complexity index is 140. The minimum Gasteiger partial charge on any atom is -0.311 e. The van der Waals surface area contributed by atoms with E-state index in [0.717, 1.165) is 18.0 Å². The minimum absolute atomic E-state index is 0.729. The minimum atomic E-state index is 0.729. The van der Waals surface area contributed by atoms with Crippen LogP contribution in [0.5, 0.6) is 0 Å². The Kier molecular flexibility index (Phi) is 5.54. The maximum Gasteiger partial charge on any atom is 0.00951 e. The second-order valence-electron chi connectivity index (χ2n) is 4.92. The molecule has 0 aromatic carbocycles. The number of hydrogen-bond donors (Lipinski definition) is 1. The third kappa shape index (κ3) is 4.45. The van der Waals surface area contributed by atoms with Crippen LogP contribution in [-0.2, 0) is 0 Å². The van der Waals surface area contributed by atoms with E-state index in [2.05, 4.69) is 26.1 Å². The number of unbranched alkanes of at least 4 members (excludes halogenated alkanes) is 2. The molecule has 0 heterocycles. The quantitative estimate of drug-likeness (QED) is 0.585. The van der Waals surface area contributed by atoms with E-state index in [4.69, 9.17) is 0 Å². The third-order valence-electron chi connectivity index (χ3n) is 3.37.